The molecular formula is C36H21NOS. The number of para-hydroxylation sites is 3. The van der Waals surface area contributed by atoms with E-state index >= 15 is 0 Å². The van der Waals surface area contributed by atoms with Gasteiger partial charge < -0.3 is 8.98 Å². The first kappa shape index (κ1) is 21.1. The second-order valence-corrected chi connectivity index (χ2v) is 11.1. The molecule has 0 bridgehead atoms. The van der Waals surface area contributed by atoms with Crippen molar-refractivity contribution in [1.82, 2.24) is 4.57 Å². The smallest absolute Gasteiger partial charge is 0.159 e. The van der Waals surface area contributed by atoms with Gasteiger partial charge >= 0.3 is 0 Å². The lowest BCUT2D eigenvalue weighted by Crippen LogP contribution is -1.94. The van der Waals surface area contributed by atoms with Crippen molar-refractivity contribution in [3.63, 3.8) is 0 Å². The van der Waals surface area contributed by atoms with Gasteiger partial charge in [0.2, 0.25) is 0 Å². The number of furan rings is 1. The molecule has 6 aromatic carbocycles. The summed E-state index contributed by atoms with van der Waals surface area (Å²) >= 11 is 1.88. The number of hydrogen-bond acceptors (Lipinski definition) is 2. The molecule has 0 saturated carbocycles. The second-order valence-electron chi connectivity index (χ2n) is 10.1. The quantitative estimate of drug-likeness (QED) is 0.224. The normalized spacial score (nSPS) is 12.1. The highest BCUT2D eigenvalue weighted by Gasteiger charge is 2.21. The summed E-state index contributed by atoms with van der Waals surface area (Å²) in [5.74, 6) is 0. The van der Waals surface area contributed by atoms with Crippen LogP contribution >= 0.6 is 11.3 Å². The molecule has 39 heavy (non-hydrogen) atoms. The van der Waals surface area contributed by atoms with Gasteiger partial charge in [-0.15, -0.1) is 11.3 Å². The van der Waals surface area contributed by atoms with Gasteiger partial charge in [-0.2, -0.15) is 0 Å². The number of thiophene rings is 1. The Bertz CT molecular complexity index is 2390. The molecule has 182 valence electrons. The number of hydrogen-bond donors (Lipinski definition) is 0. The lowest BCUT2D eigenvalue weighted by molar-refractivity contribution is 0.667. The van der Waals surface area contributed by atoms with E-state index in [1.807, 2.05) is 11.3 Å². The zero-order valence-corrected chi connectivity index (χ0v) is 21.7. The lowest BCUT2D eigenvalue weighted by atomic mass is 10.0. The number of fused-ring (bicyclic) bond motifs is 10. The van der Waals surface area contributed by atoms with Crippen molar-refractivity contribution in [2.24, 2.45) is 0 Å². The molecule has 0 N–H and O–H groups in total. The minimum atomic E-state index is 0.912. The zero-order chi connectivity index (χ0) is 25.5. The van der Waals surface area contributed by atoms with Crippen LogP contribution in [-0.4, -0.2) is 4.57 Å². The summed E-state index contributed by atoms with van der Waals surface area (Å²) < 4.78 is 11.9. The number of rotatable bonds is 2. The van der Waals surface area contributed by atoms with Crippen LogP contribution in [0, 0.1) is 0 Å². The molecule has 9 rings (SSSR count). The summed E-state index contributed by atoms with van der Waals surface area (Å²) in [7, 11) is 0. The average molecular weight is 516 g/mol. The largest absolute Gasteiger partial charge is 0.453 e. The van der Waals surface area contributed by atoms with Gasteiger partial charge in [-0.05, 0) is 29.8 Å². The molecular weight excluding hydrogens is 494 g/mol. The third-order valence-corrected chi connectivity index (χ3v) is 9.21. The first-order valence-corrected chi connectivity index (χ1v) is 14.0. The van der Waals surface area contributed by atoms with Crippen molar-refractivity contribution in [2.45, 2.75) is 0 Å². The fraction of sp³-hybridized carbons (Fsp3) is 0. The lowest BCUT2D eigenvalue weighted by Gasteiger charge is -2.08. The maximum absolute atomic E-state index is 6.81. The minimum Gasteiger partial charge on any atom is -0.453 e. The number of nitrogens with zero attached hydrogens (tertiary/aromatic N) is 1. The van der Waals surface area contributed by atoms with Crippen LogP contribution < -0.4 is 0 Å². The van der Waals surface area contributed by atoms with E-state index < -0.39 is 0 Å². The van der Waals surface area contributed by atoms with Crippen LogP contribution in [0.25, 0.3) is 80.7 Å². The Balaban J connectivity index is 1.42. The van der Waals surface area contributed by atoms with Crippen molar-refractivity contribution in [3.8, 4) is 16.8 Å². The highest BCUT2D eigenvalue weighted by molar-refractivity contribution is 7.26. The molecule has 0 aliphatic carbocycles. The first-order chi connectivity index (χ1) is 19.4. The molecule has 0 fully saturated rings. The summed E-state index contributed by atoms with van der Waals surface area (Å²) in [6.07, 6.45) is 0. The van der Waals surface area contributed by atoms with Crippen LogP contribution in [-0.2, 0) is 0 Å². The van der Waals surface area contributed by atoms with E-state index in [0.29, 0.717) is 0 Å². The molecule has 3 heterocycles. The van der Waals surface area contributed by atoms with Gasteiger partial charge in [-0.25, -0.2) is 0 Å². The van der Waals surface area contributed by atoms with E-state index in [1.54, 1.807) is 0 Å². The molecule has 2 nitrogen and oxygen atoms in total. The molecule has 0 amide bonds. The van der Waals surface area contributed by atoms with E-state index in [2.05, 4.69) is 132 Å². The molecule has 0 radical (unpaired) electrons. The highest BCUT2D eigenvalue weighted by Crippen LogP contribution is 2.45. The fourth-order valence-corrected chi connectivity index (χ4v) is 7.58. The standard InChI is InChI=1S/C36H21NOS/c1-2-10-22(11-3-1)23-14-8-15-25-26-16-9-18-31(35(26)38-34(23)25)37-29-17-6-4-13-28(29)33-30(37)21-20-27-24-12-5-7-19-32(24)39-36(27)33/h1-21H. The molecule has 3 heteroatoms. The van der Waals surface area contributed by atoms with Crippen LogP contribution in [0.4, 0.5) is 0 Å². The number of aromatic nitrogens is 1. The second kappa shape index (κ2) is 7.83. The maximum atomic E-state index is 6.81. The van der Waals surface area contributed by atoms with Gasteiger partial charge in [-0.3, -0.25) is 0 Å². The van der Waals surface area contributed by atoms with Gasteiger partial charge in [0.05, 0.1) is 16.7 Å². The van der Waals surface area contributed by atoms with Gasteiger partial charge in [0, 0.05) is 47.3 Å². The molecule has 3 aromatic heterocycles. The molecule has 0 atom stereocenters. The summed E-state index contributed by atoms with van der Waals surface area (Å²) in [6.45, 7) is 0. The maximum Gasteiger partial charge on any atom is 0.159 e. The van der Waals surface area contributed by atoms with E-state index in [4.69, 9.17) is 4.42 Å². The molecule has 0 aliphatic heterocycles. The molecule has 9 aromatic rings. The van der Waals surface area contributed by atoms with Crippen molar-refractivity contribution in [3.05, 3.63) is 127 Å². The Morgan fingerprint density at radius 1 is 0.487 bits per heavy atom. The van der Waals surface area contributed by atoms with Crippen molar-refractivity contribution >= 4 is 75.3 Å². The van der Waals surface area contributed by atoms with Crippen LogP contribution in [0.3, 0.4) is 0 Å². The molecule has 0 unspecified atom stereocenters. The Kier molecular flexibility index (Phi) is 4.24. The van der Waals surface area contributed by atoms with Crippen LogP contribution in [0.1, 0.15) is 0 Å². The van der Waals surface area contributed by atoms with Crippen LogP contribution in [0.2, 0.25) is 0 Å². The Morgan fingerprint density at radius 3 is 2.10 bits per heavy atom. The third kappa shape index (κ3) is 2.85. The SMILES string of the molecule is c1ccc(-c2cccc3c2oc2c(-n4c5ccccc5c5c6sc7ccccc7c6ccc54)cccc23)cc1. The fourth-order valence-electron chi connectivity index (χ4n) is 6.32. The minimum absolute atomic E-state index is 0.912. The van der Waals surface area contributed by atoms with Gasteiger partial charge in [0.1, 0.15) is 5.58 Å². The van der Waals surface area contributed by atoms with E-state index in [1.165, 1.54) is 42.0 Å². The van der Waals surface area contributed by atoms with Crippen molar-refractivity contribution in [1.29, 1.82) is 0 Å². The highest BCUT2D eigenvalue weighted by atomic mass is 32.1. The monoisotopic (exact) mass is 515 g/mol. The summed E-state index contributed by atoms with van der Waals surface area (Å²) in [6, 6.07) is 45.5. The predicted molar refractivity (Wildman–Crippen MR) is 166 cm³/mol. The molecule has 0 spiro atoms. The number of benzene rings is 6. The first-order valence-electron chi connectivity index (χ1n) is 13.2. The van der Waals surface area contributed by atoms with Crippen LogP contribution in [0.5, 0.6) is 0 Å². The van der Waals surface area contributed by atoms with E-state index in [-0.39, 0.29) is 0 Å². The molecule has 0 aliphatic rings. The van der Waals surface area contributed by atoms with Gasteiger partial charge in [-0.1, -0.05) is 103 Å². The van der Waals surface area contributed by atoms with Crippen LogP contribution in [0.15, 0.2) is 132 Å². The van der Waals surface area contributed by atoms with Gasteiger partial charge in [0.15, 0.2) is 5.58 Å². The zero-order valence-electron chi connectivity index (χ0n) is 20.9. The Hall–Kier alpha value is -4.86. The summed E-state index contributed by atoms with van der Waals surface area (Å²) in [5.41, 5.74) is 7.57. The predicted octanol–water partition coefficient (Wildman–Crippen LogP) is 10.7. The van der Waals surface area contributed by atoms with E-state index in [0.717, 1.165) is 38.8 Å². The Labute approximate surface area is 227 Å². The summed E-state index contributed by atoms with van der Waals surface area (Å²) in [4.78, 5) is 0. The van der Waals surface area contributed by atoms with Gasteiger partial charge in [0.25, 0.3) is 0 Å². The Morgan fingerprint density at radius 2 is 1.21 bits per heavy atom. The van der Waals surface area contributed by atoms with Crippen molar-refractivity contribution in [2.75, 3.05) is 0 Å². The molecule has 0 saturated heterocycles. The average Bonchev–Trinajstić information content (AvgIpc) is 3.67. The summed E-state index contributed by atoms with van der Waals surface area (Å²) in [5, 5.41) is 7.49. The van der Waals surface area contributed by atoms with Crippen molar-refractivity contribution < 1.29 is 4.42 Å². The third-order valence-electron chi connectivity index (χ3n) is 8.01. The van der Waals surface area contributed by atoms with E-state index in [9.17, 15) is 0 Å². The topological polar surface area (TPSA) is 18.1 Å².